The zero-order chi connectivity index (χ0) is 18.2. The fourth-order valence-corrected chi connectivity index (χ4v) is 3.42. The number of hydrogen-bond donors (Lipinski definition) is 0. The van der Waals surface area contributed by atoms with Gasteiger partial charge in [-0.25, -0.2) is 4.98 Å². The second kappa shape index (κ2) is 6.55. The van der Waals surface area contributed by atoms with Gasteiger partial charge in [0, 0.05) is 5.56 Å². The summed E-state index contributed by atoms with van der Waals surface area (Å²) in [5.74, 6) is 0.436. The van der Waals surface area contributed by atoms with Gasteiger partial charge in [0.15, 0.2) is 0 Å². The van der Waals surface area contributed by atoms with Gasteiger partial charge in [-0.1, -0.05) is 12.1 Å². The van der Waals surface area contributed by atoms with Gasteiger partial charge in [-0.3, -0.25) is 0 Å². The fraction of sp³-hybridized carbons (Fsp3) is 0.278. The molecule has 0 aliphatic heterocycles. The van der Waals surface area contributed by atoms with Gasteiger partial charge in [0.1, 0.15) is 18.1 Å². The van der Waals surface area contributed by atoms with E-state index in [1.807, 2.05) is 39.0 Å². The number of rotatable bonds is 4. The van der Waals surface area contributed by atoms with Crippen LogP contribution in [0.3, 0.4) is 0 Å². The van der Waals surface area contributed by atoms with Gasteiger partial charge in [-0.05, 0) is 50.1 Å². The van der Waals surface area contributed by atoms with E-state index in [-0.39, 0.29) is 12.4 Å². The molecule has 25 heavy (non-hydrogen) atoms. The summed E-state index contributed by atoms with van der Waals surface area (Å²) >= 11 is 1.32. The molecule has 0 fully saturated rings. The Morgan fingerprint density at radius 3 is 2.60 bits per heavy atom. The average Bonchev–Trinajstić information content (AvgIpc) is 2.87. The standard InChI is InChI=1S/C18H16F3NO2S/c1-10-5-4-6-15(11(10)2)23-9-13-7-14(24-18(19,20)21)8-16-17(13)22-12(3)25-16/h4-8H,9H2,1-3H3. The van der Waals surface area contributed by atoms with Crippen molar-refractivity contribution in [2.75, 3.05) is 0 Å². The second-order valence-corrected chi connectivity index (χ2v) is 6.93. The molecule has 3 aromatic rings. The summed E-state index contributed by atoms with van der Waals surface area (Å²) in [6.07, 6.45) is -4.74. The van der Waals surface area contributed by atoms with Crippen LogP contribution in [0.2, 0.25) is 0 Å². The van der Waals surface area contributed by atoms with Crippen LogP contribution in [0.25, 0.3) is 10.2 Å². The molecule has 1 aromatic heterocycles. The molecule has 0 bridgehead atoms. The van der Waals surface area contributed by atoms with Gasteiger partial charge >= 0.3 is 6.36 Å². The molecule has 0 aliphatic rings. The van der Waals surface area contributed by atoms with Gasteiger partial charge in [-0.15, -0.1) is 24.5 Å². The summed E-state index contributed by atoms with van der Waals surface area (Å²) in [6, 6.07) is 8.38. The molecule has 0 spiro atoms. The van der Waals surface area contributed by atoms with E-state index in [2.05, 4.69) is 9.72 Å². The second-order valence-electron chi connectivity index (χ2n) is 5.70. The van der Waals surface area contributed by atoms with Crippen LogP contribution in [-0.2, 0) is 6.61 Å². The molecular formula is C18H16F3NO2S. The Morgan fingerprint density at radius 2 is 1.88 bits per heavy atom. The van der Waals surface area contributed by atoms with E-state index in [9.17, 15) is 13.2 Å². The number of alkyl halides is 3. The molecule has 0 saturated carbocycles. The number of thiazole rings is 1. The fourth-order valence-electron chi connectivity index (χ4n) is 2.52. The minimum Gasteiger partial charge on any atom is -0.489 e. The highest BCUT2D eigenvalue weighted by Gasteiger charge is 2.31. The summed E-state index contributed by atoms with van der Waals surface area (Å²) in [5.41, 5.74) is 3.28. The van der Waals surface area contributed by atoms with Crippen LogP contribution in [0.5, 0.6) is 11.5 Å². The lowest BCUT2D eigenvalue weighted by Gasteiger charge is -2.13. The Balaban J connectivity index is 1.95. The smallest absolute Gasteiger partial charge is 0.489 e. The van der Waals surface area contributed by atoms with Crippen molar-refractivity contribution in [3.63, 3.8) is 0 Å². The van der Waals surface area contributed by atoms with Crippen LogP contribution in [0, 0.1) is 20.8 Å². The van der Waals surface area contributed by atoms with Gasteiger partial charge in [0.05, 0.1) is 15.2 Å². The van der Waals surface area contributed by atoms with Gasteiger partial charge in [-0.2, -0.15) is 0 Å². The maximum absolute atomic E-state index is 12.6. The first-order valence-electron chi connectivity index (χ1n) is 7.58. The van der Waals surface area contributed by atoms with Gasteiger partial charge in [0.2, 0.25) is 0 Å². The minimum absolute atomic E-state index is 0.110. The lowest BCUT2D eigenvalue weighted by molar-refractivity contribution is -0.274. The lowest BCUT2D eigenvalue weighted by Crippen LogP contribution is -2.17. The van der Waals surface area contributed by atoms with E-state index in [1.54, 1.807) is 0 Å². The molecule has 0 unspecified atom stereocenters. The van der Waals surface area contributed by atoms with E-state index in [0.717, 1.165) is 16.1 Å². The highest BCUT2D eigenvalue weighted by molar-refractivity contribution is 7.18. The minimum atomic E-state index is -4.74. The SMILES string of the molecule is Cc1nc2c(COc3cccc(C)c3C)cc(OC(F)(F)F)cc2s1. The van der Waals surface area contributed by atoms with Crippen LogP contribution < -0.4 is 9.47 Å². The molecule has 0 aliphatic carbocycles. The molecule has 7 heteroatoms. The number of fused-ring (bicyclic) bond motifs is 1. The van der Waals surface area contributed by atoms with E-state index in [0.29, 0.717) is 21.5 Å². The molecule has 1 heterocycles. The zero-order valence-electron chi connectivity index (χ0n) is 13.9. The van der Waals surface area contributed by atoms with Gasteiger partial charge < -0.3 is 9.47 Å². The van der Waals surface area contributed by atoms with Crippen molar-refractivity contribution in [1.82, 2.24) is 4.98 Å². The average molecular weight is 367 g/mol. The van der Waals surface area contributed by atoms with E-state index < -0.39 is 6.36 Å². The van der Waals surface area contributed by atoms with Crippen molar-refractivity contribution >= 4 is 21.6 Å². The first-order valence-corrected chi connectivity index (χ1v) is 8.39. The van der Waals surface area contributed by atoms with Crippen molar-refractivity contribution in [3.8, 4) is 11.5 Å². The third-order valence-electron chi connectivity index (χ3n) is 3.83. The van der Waals surface area contributed by atoms with E-state index >= 15 is 0 Å². The molecule has 2 aromatic carbocycles. The highest BCUT2D eigenvalue weighted by atomic mass is 32.1. The molecule has 0 radical (unpaired) electrons. The van der Waals surface area contributed by atoms with Crippen molar-refractivity contribution < 1.29 is 22.6 Å². The summed E-state index contributed by atoms with van der Waals surface area (Å²) in [7, 11) is 0. The Bertz CT molecular complexity index is 919. The molecule has 132 valence electrons. The highest BCUT2D eigenvalue weighted by Crippen LogP contribution is 2.33. The van der Waals surface area contributed by atoms with E-state index in [1.165, 1.54) is 23.5 Å². The molecule has 0 atom stereocenters. The van der Waals surface area contributed by atoms with Crippen molar-refractivity contribution in [2.45, 2.75) is 33.7 Å². The van der Waals surface area contributed by atoms with Crippen molar-refractivity contribution in [3.05, 3.63) is 52.0 Å². The van der Waals surface area contributed by atoms with Crippen LogP contribution in [0.15, 0.2) is 30.3 Å². The summed E-state index contributed by atoms with van der Waals surface area (Å²) < 4.78 is 48.2. The molecular weight excluding hydrogens is 351 g/mol. The number of aryl methyl sites for hydroxylation is 2. The molecule has 0 saturated heterocycles. The quantitative estimate of drug-likeness (QED) is 0.593. The van der Waals surface area contributed by atoms with Crippen molar-refractivity contribution in [1.29, 1.82) is 0 Å². The first-order chi connectivity index (χ1) is 11.7. The van der Waals surface area contributed by atoms with Crippen LogP contribution in [-0.4, -0.2) is 11.3 Å². The monoisotopic (exact) mass is 367 g/mol. The first kappa shape index (κ1) is 17.5. The molecule has 3 rings (SSSR count). The zero-order valence-corrected chi connectivity index (χ0v) is 14.7. The van der Waals surface area contributed by atoms with Crippen LogP contribution >= 0.6 is 11.3 Å². The normalized spacial score (nSPS) is 11.8. The third-order valence-corrected chi connectivity index (χ3v) is 4.74. The number of nitrogens with zero attached hydrogens (tertiary/aromatic N) is 1. The lowest BCUT2D eigenvalue weighted by atomic mass is 10.1. The number of aromatic nitrogens is 1. The molecule has 0 amide bonds. The molecule has 3 nitrogen and oxygen atoms in total. The Kier molecular flexibility index (Phi) is 4.60. The van der Waals surface area contributed by atoms with Gasteiger partial charge in [0.25, 0.3) is 0 Å². The summed E-state index contributed by atoms with van der Waals surface area (Å²) in [6.45, 7) is 5.84. The summed E-state index contributed by atoms with van der Waals surface area (Å²) in [5, 5.41) is 0.771. The topological polar surface area (TPSA) is 31.4 Å². The van der Waals surface area contributed by atoms with Crippen molar-refractivity contribution in [2.24, 2.45) is 0 Å². The van der Waals surface area contributed by atoms with Crippen LogP contribution in [0.4, 0.5) is 13.2 Å². The number of halogens is 3. The third kappa shape index (κ3) is 4.04. The maximum Gasteiger partial charge on any atom is 0.573 e. The van der Waals surface area contributed by atoms with E-state index in [4.69, 9.17) is 4.74 Å². The predicted octanol–water partition coefficient (Wildman–Crippen LogP) is 5.70. The Hall–Kier alpha value is -2.28. The van der Waals surface area contributed by atoms with Crippen LogP contribution in [0.1, 0.15) is 21.7 Å². The summed E-state index contributed by atoms with van der Waals surface area (Å²) in [4.78, 5) is 4.40. The largest absolute Gasteiger partial charge is 0.573 e. The Morgan fingerprint density at radius 1 is 1.12 bits per heavy atom. The number of hydrogen-bond acceptors (Lipinski definition) is 4. The predicted molar refractivity (Wildman–Crippen MR) is 91.3 cm³/mol. The number of benzene rings is 2. The number of ether oxygens (including phenoxy) is 2. The molecule has 0 N–H and O–H groups in total. The Labute approximate surface area is 147 Å². The maximum atomic E-state index is 12.6.